The van der Waals surface area contributed by atoms with Crippen molar-refractivity contribution in [3.05, 3.63) is 42.2 Å². The van der Waals surface area contributed by atoms with Gasteiger partial charge in [-0.2, -0.15) is 0 Å². The minimum atomic E-state index is -0.206. The lowest BCUT2D eigenvalue weighted by atomic mass is 9.80. The topological polar surface area (TPSA) is 9.23 Å². The molecule has 1 aliphatic rings. The molecule has 2 aromatic carbocycles. The smallest absolute Gasteiger partial charge is 0.135 e. The maximum atomic E-state index is 13.7. The van der Waals surface area contributed by atoms with Gasteiger partial charge in [0.25, 0.3) is 0 Å². The maximum Gasteiger partial charge on any atom is 0.135 e. The molecule has 3 rings (SSSR count). The quantitative estimate of drug-likeness (QED) is 0.584. The van der Waals surface area contributed by atoms with Crippen LogP contribution in [0.15, 0.2) is 36.4 Å². The average molecular weight is 200 g/mol. The van der Waals surface area contributed by atoms with Crippen LogP contribution in [0.5, 0.6) is 5.75 Å². The van der Waals surface area contributed by atoms with E-state index in [9.17, 15) is 4.39 Å². The Labute approximate surface area is 87.1 Å². The molecule has 15 heavy (non-hydrogen) atoms. The van der Waals surface area contributed by atoms with Gasteiger partial charge in [-0.3, -0.25) is 0 Å². The van der Waals surface area contributed by atoms with Crippen LogP contribution in [0, 0.1) is 5.82 Å². The molecule has 2 heteroatoms. The number of benzene rings is 2. The molecule has 1 aliphatic carbocycles. The van der Waals surface area contributed by atoms with Crippen molar-refractivity contribution in [2.24, 2.45) is 0 Å². The molecule has 0 unspecified atom stereocenters. The van der Waals surface area contributed by atoms with Gasteiger partial charge in [-0.1, -0.05) is 24.3 Å². The van der Waals surface area contributed by atoms with Crippen molar-refractivity contribution in [3.63, 3.8) is 0 Å². The second kappa shape index (κ2) is 2.83. The van der Waals surface area contributed by atoms with Gasteiger partial charge in [0.1, 0.15) is 11.6 Å². The van der Waals surface area contributed by atoms with Crippen molar-refractivity contribution in [1.29, 1.82) is 0 Å². The van der Waals surface area contributed by atoms with Gasteiger partial charge in [0.15, 0.2) is 0 Å². The highest BCUT2D eigenvalue weighted by Crippen LogP contribution is 2.49. The zero-order chi connectivity index (χ0) is 10.4. The maximum absolute atomic E-state index is 13.7. The Hall–Kier alpha value is -1.83. The van der Waals surface area contributed by atoms with E-state index in [0.717, 1.165) is 16.7 Å². The van der Waals surface area contributed by atoms with E-state index in [2.05, 4.69) is 0 Å². The van der Waals surface area contributed by atoms with Crippen LogP contribution in [0.1, 0.15) is 0 Å². The van der Waals surface area contributed by atoms with Crippen molar-refractivity contribution in [3.8, 4) is 28.0 Å². The Balaban J connectivity index is 2.25. The van der Waals surface area contributed by atoms with E-state index in [1.807, 2.05) is 30.3 Å². The van der Waals surface area contributed by atoms with Crippen molar-refractivity contribution in [2.45, 2.75) is 0 Å². The molecule has 2 aromatic rings. The molecule has 0 radical (unpaired) electrons. The predicted molar refractivity (Wildman–Crippen MR) is 57.4 cm³/mol. The third kappa shape index (κ3) is 1.02. The number of hydrogen-bond donors (Lipinski definition) is 0. The number of ether oxygens (including phenoxy) is 1. The lowest BCUT2D eigenvalue weighted by Gasteiger charge is -2.24. The van der Waals surface area contributed by atoms with E-state index < -0.39 is 0 Å². The average Bonchev–Trinajstić information content (AvgIpc) is 2.24. The molecule has 0 aliphatic heterocycles. The van der Waals surface area contributed by atoms with Crippen molar-refractivity contribution >= 4 is 0 Å². The summed E-state index contributed by atoms with van der Waals surface area (Å²) in [6.45, 7) is 0. The fourth-order valence-corrected chi connectivity index (χ4v) is 2.06. The largest absolute Gasteiger partial charge is 0.497 e. The lowest BCUT2D eigenvalue weighted by Crippen LogP contribution is -2.02. The zero-order valence-corrected chi connectivity index (χ0v) is 8.25. The summed E-state index contributed by atoms with van der Waals surface area (Å²) >= 11 is 0. The first kappa shape index (κ1) is 8.48. The van der Waals surface area contributed by atoms with Crippen molar-refractivity contribution in [2.75, 3.05) is 7.11 Å². The minimum absolute atomic E-state index is 0.206. The van der Waals surface area contributed by atoms with Crippen LogP contribution in [-0.4, -0.2) is 7.11 Å². The molecule has 0 aromatic heterocycles. The lowest BCUT2D eigenvalue weighted by molar-refractivity contribution is 0.411. The fraction of sp³-hybridized carbons (Fsp3) is 0.0769. The Bertz CT molecular complexity index is 546. The number of hydrogen-bond acceptors (Lipinski definition) is 1. The van der Waals surface area contributed by atoms with Crippen LogP contribution in [0.2, 0.25) is 0 Å². The highest BCUT2D eigenvalue weighted by atomic mass is 19.1. The van der Waals surface area contributed by atoms with Gasteiger partial charge in [0.2, 0.25) is 0 Å². The number of halogens is 1. The van der Waals surface area contributed by atoms with Crippen LogP contribution in [0.25, 0.3) is 22.3 Å². The Morgan fingerprint density at radius 3 is 2.47 bits per heavy atom. The summed E-state index contributed by atoms with van der Waals surface area (Å²) < 4.78 is 18.7. The molecule has 0 N–H and O–H groups in total. The Kier molecular flexibility index (Phi) is 1.60. The van der Waals surface area contributed by atoms with E-state index in [-0.39, 0.29) is 5.82 Å². The highest BCUT2D eigenvalue weighted by Gasteiger charge is 2.26. The van der Waals surface area contributed by atoms with Gasteiger partial charge in [-0.15, -0.1) is 0 Å². The zero-order valence-electron chi connectivity index (χ0n) is 8.25. The van der Waals surface area contributed by atoms with Crippen molar-refractivity contribution < 1.29 is 9.13 Å². The summed E-state index contributed by atoms with van der Waals surface area (Å²) in [6, 6.07) is 11.1. The third-order valence-corrected chi connectivity index (χ3v) is 2.79. The third-order valence-electron chi connectivity index (χ3n) is 2.79. The molecule has 0 atom stereocenters. The van der Waals surface area contributed by atoms with Gasteiger partial charge in [0, 0.05) is 11.6 Å². The number of methoxy groups -OCH3 is 1. The first-order chi connectivity index (χ1) is 7.31. The summed E-state index contributed by atoms with van der Waals surface area (Å²) in [5.41, 5.74) is 3.76. The normalized spacial score (nSPS) is 11.3. The van der Waals surface area contributed by atoms with Crippen LogP contribution in [0.4, 0.5) is 4.39 Å². The summed E-state index contributed by atoms with van der Waals surface area (Å²) in [7, 11) is 1.55. The first-order valence-electron chi connectivity index (χ1n) is 4.78. The van der Waals surface area contributed by atoms with Crippen LogP contribution in [-0.2, 0) is 0 Å². The molecule has 74 valence electrons. The minimum Gasteiger partial charge on any atom is -0.497 e. The summed E-state index contributed by atoms with van der Waals surface area (Å²) in [5, 5.41) is 0. The molecule has 1 nitrogen and oxygen atoms in total. The monoisotopic (exact) mass is 200 g/mol. The first-order valence-corrected chi connectivity index (χ1v) is 4.78. The predicted octanol–water partition coefficient (Wildman–Crippen LogP) is 3.48. The SMILES string of the molecule is COc1cc(F)c2c(c1)-c1ccccc1-2. The molecule has 0 amide bonds. The highest BCUT2D eigenvalue weighted by molar-refractivity contribution is 6.02. The van der Waals surface area contributed by atoms with Gasteiger partial charge in [-0.25, -0.2) is 4.39 Å². The van der Waals surface area contributed by atoms with E-state index >= 15 is 0 Å². The van der Waals surface area contributed by atoms with Gasteiger partial charge < -0.3 is 4.74 Å². The Morgan fingerprint density at radius 1 is 1.00 bits per heavy atom. The van der Waals surface area contributed by atoms with Crippen molar-refractivity contribution in [1.82, 2.24) is 0 Å². The van der Waals surface area contributed by atoms with Gasteiger partial charge in [-0.05, 0) is 22.8 Å². The van der Waals surface area contributed by atoms with Gasteiger partial charge >= 0.3 is 0 Å². The standard InChI is InChI=1S/C13H9FO/c1-15-8-6-11-9-4-2-3-5-10(9)13(11)12(14)7-8/h2-7H,1H3. The molecular formula is C13H9FO. The van der Waals surface area contributed by atoms with E-state index in [0.29, 0.717) is 11.3 Å². The van der Waals surface area contributed by atoms with Crippen LogP contribution < -0.4 is 4.74 Å². The summed E-state index contributed by atoms with van der Waals surface area (Å²) in [5.74, 6) is 0.365. The molecule has 0 saturated carbocycles. The van der Waals surface area contributed by atoms with E-state index in [1.165, 1.54) is 6.07 Å². The van der Waals surface area contributed by atoms with E-state index in [4.69, 9.17) is 4.74 Å². The summed E-state index contributed by atoms with van der Waals surface area (Å²) in [6.07, 6.45) is 0. The van der Waals surface area contributed by atoms with Crippen LogP contribution >= 0.6 is 0 Å². The van der Waals surface area contributed by atoms with Gasteiger partial charge in [0.05, 0.1) is 7.11 Å². The second-order valence-corrected chi connectivity index (χ2v) is 3.58. The second-order valence-electron chi connectivity index (χ2n) is 3.58. The molecule has 0 heterocycles. The molecular weight excluding hydrogens is 191 g/mol. The Morgan fingerprint density at radius 2 is 1.73 bits per heavy atom. The number of fused-ring (bicyclic) bond motifs is 4. The summed E-state index contributed by atoms with van der Waals surface area (Å²) in [4.78, 5) is 0. The number of rotatable bonds is 1. The molecule has 0 saturated heterocycles. The molecule has 0 bridgehead atoms. The van der Waals surface area contributed by atoms with Crippen LogP contribution in [0.3, 0.4) is 0 Å². The molecule has 0 fully saturated rings. The molecule has 0 spiro atoms. The fourth-order valence-electron chi connectivity index (χ4n) is 2.06. The van der Waals surface area contributed by atoms with E-state index in [1.54, 1.807) is 7.11 Å².